The average molecular weight is 445 g/mol. The number of carbonyl (C=O) groups excluding carboxylic acids is 1. The Morgan fingerprint density at radius 1 is 1.03 bits per heavy atom. The maximum atomic E-state index is 12.9. The topological polar surface area (TPSA) is 107 Å². The van der Waals surface area contributed by atoms with E-state index >= 15 is 0 Å². The summed E-state index contributed by atoms with van der Waals surface area (Å²) in [6.45, 7) is 2.48. The van der Waals surface area contributed by atoms with Gasteiger partial charge in [-0.2, -0.15) is 8.61 Å². The molecular weight excluding hydrogens is 416 g/mol. The van der Waals surface area contributed by atoms with Crippen molar-refractivity contribution in [3.8, 4) is 0 Å². The standard InChI is InChI=1S/C18H28N4O5S2/c1-20-10-12-21(13-11-20)29(26,27)16-7-5-6-15(14-16)19-18(23)17-8-3-4-9-22(17)28(2,24)25/h5-7,14,17H,3-4,8-13H2,1-2H3,(H,19,23). The molecule has 0 aliphatic carbocycles. The Kier molecular flexibility index (Phi) is 6.64. The van der Waals surface area contributed by atoms with Gasteiger partial charge in [0, 0.05) is 38.4 Å². The fraction of sp³-hybridized carbons (Fsp3) is 0.611. The van der Waals surface area contributed by atoms with Crippen LogP contribution in [0.5, 0.6) is 0 Å². The summed E-state index contributed by atoms with van der Waals surface area (Å²) in [5.74, 6) is -0.440. The smallest absolute Gasteiger partial charge is 0.243 e. The minimum Gasteiger partial charge on any atom is -0.325 e. The first-order valence-corrected chi connectivity index (χ1v) is 12.9. The number of rotatable bonds is 5. The molecule has 2 heterocycles. The fourth-order valence-electron chi connectivity index (χ4n) is 3.70. The van der Waals surface area contributed by atoms with Gasteiger partial charge in [0.2, 0.25) is 26.0 Å². The van der Waals surface area contributed by atoms with E-state index in [1.807, 2.05) is 7.05 Å². The lowest BCUT2D eigenvalue weighted by Crippen LogP contribution is -2.49. The Morgan fingerprint density at radius 2 is 1.72 bits per heavy atom. The highest BCUT2D eigenvalue weighted by atomic mass is 32.2. The summed E-state index contributed by atoms with van der Waals surface area (Å²) in [5.41, 5.74) is 0.337. The van der Waals surface area contributed by atoms with Crippen LogP contribution < -0.4 is 5.32 Å². The summed E-state index contributed by atoms with van der Waals surface area (Å²) in [5, 5.41) is 2.70. The summed E-state index contributed by atoms with van der Waals surface area (Å²) in [6.07, 6.45) is 3.03. The number of carbonyl (C=O) groups is 1. The molecule has 0 saturated carbocycles. The van der Waals surface area contributed by atoms with Crippen molar-refractivity contribution >= 4 is 31.6 Å². The Morgan fingerprint density at radius 3 is 2.38 bits per heavy atom. The second-order valence-electron chi connectivity index (χ2n) is 7.61. The van der Waals surface area contributed by atoms with Gasteiger partial charge in [0.1, 0.15) is 6.04 Å². The van der Waals surface area contributed by atoms with Crippen molar-refractivity contribution in [1.82, 2.24) is 13.5 Å². The Hall–Kier alpha value is -1.53. The minimum atomic E-state index is -3.65. The van der Waals surface area contributed by atoms with Crippen LogP contribution in [0.2, 0.25) is 0 Å². The van der Waals surface area contributed by atoms with E-state index in [9.17, 15) is 21.6 Å². The van der Waals surface area contributed by atoms with Crippen molar-refractivity contribution in [2.45, 2.75) is 30.2 Å². The third kappa shape index (κ3) is 5.15. The molecule has 2 saturated heterocycles. The average Bonchev–Trinajstić information content (AvgIpc) is 2.68. The van der Waals surface area contributed by atoms with Gasteiger partial charge < -0.3 is 10.2 Å². The summed E-state index contributed by atoms with van der Waals surface area (Å²) in [7, 11) is -5.20. The van der Waals surface area contributed by atoms with E-state index in [0.717, 1.165) is 19.1 Å². The van der Waals surface area contributed by atoms with Crippen molar-refractivity contribution in [2.75, 3.05) is 51.3 Å². The number of hydrogen-bond donors (Lipinski definition) is 1. The fourth-order valence-corrected chi connectivity index (χ4v) is 6.29. The highest BCUT2D eigenvalue weighted by Crippen LogP contribution is 2.24. The molecule has 11 heteroatoms. The number of nitrogens with zero attached hydrogens (tertiary/aromatic N) is 3. The summed E-state index contributed by atoms with van der Waals surface area (Å²) < 4.78 is 52.5. The lowest BCUT2D eigenvalue weighted by molar-refractivity contribution is -0.120. The van der Waals surface area contributed by atoms with Crippen molar-refractivity contribution in [2.24, 2.45) is 0 Å². The van der Waals surface area contributed by atoms with Crippen LogP contribution in [0, 0.1) is 0 Å². The molecule has 0 bridgehead atoms. The van der Waals surface area contributed by atoms with Crippen molar-refractivity contribution in [1.29, 1.82) is 0 Å². The van der Waals surface area contributed by atoms with E-state index in [4.69, 9.17) is 0 Å². The van der Waals surface area contributed by atoms with Gasteiger partial charge in [-0.05, 0) is 38.1 Å². The zero-order valence-electron chi connectivity index (χ0n) is 16.7. The number of nitrogens with one attached hydrogen (secondary N) is 1. The largest absolute Gasteiger partial charge is 0.325 e. The zero-order chi connectivity index (χ0) is 21.2. The van der Waals surface area contributed by atoms with Crippen molar-refractivity contribution in [3.05, 3.63) is 24.3 Å². The highest BCUT2D eigenvalue weighted by molar-refractivity contribution is 7.89. The molecule has 1 amide bonds. The molecule has 162 valence electrons. The van der Waals surface area contributed by atoms with Crippen LogP contribution in [0.25, 0.3) is 0 Å². The van der Waals surface area contributed by atoms with E-state index in [1.165, 1.54) is 20.7 Å². The molecular formula is C18H28N4O5S2. The normalized spacial score (nSPS) is 23.0. The number of sulfonamides is 2. The van der Waals surface area contributed by atoms with Crippen molar-refractivity contribution < 1.29 is 21.6 Å². The van der Waals surface area contributed by atoms with Gasteiger partial charge in [0.25, 0.3) is 0 Å². The summed E-state index contributed by atoms with van der Waals surface area (Å²) >= 11 is 0. The summed E-state index contributed by atoms with van der Waals surface area (Å²) in [4.78, 5) is 14.9. The molecule has 3 rings (SSSR count). The van der Waals surface area contributed by atoms with Gasteiger partial charge in [-0.3, -0.25) is 4.79 Å². The molecule has 1 aromatic rings. The number of anilines is 1. The molecule has 0 aromatic heterocycles. The lowest BCUT2D eigenvalue weighted by atomic mass is 10.0. The molecule has 2 aliphatic rings. The molecule has 29 heavy (non-hydrogen) atoms. The Balaban J connectivity index is 1.76. The molecule has 0 radical (unpaired) electrons. The minimum absolute atomic E-state index is 0.114. The first-order chi connectivity index (χ1) is 13.6. The van der Waals surface area contributed by atoms with Crippen molar-refractivity contribution in [3.63, 3.8) is 0 Å². The Bertz CT molecular complexity index is 956. The van der Waals surface area contributed by atoms with E-state index in [-0.39, 0.29) is 4.90 Å². The number of piperazine rings is 1. The van der Waals surface area contributed by atoms with E-state index in [2.05, 4.69) is 10.2 Å². The first kappa shape index (κ1) is 22.2. The predicted octanol–water partition coefficient (Wildman–Crippen LogP) is 0.375. The molecule has 1 atom stereocenters. The van der Waals surface area contributed by atoms with Gasteiger partial charge in [0.05, 0.1) is 11.2 Å². The van der Waals surface area contributed by atoms with Crippen LogP contribution in [0.3, 0.4) is 0 Å². The highest BCUT2D eigenvalue weighted by Gasteiger charge is 2.34. The van der Waals surface area contributed by atoms with Crippen LogP contribution in [0.1, 0.15) is 19.3 Å². The van der Waals surface area contributed by atoms with Crippen LogP contribution in [0.15, 0.2) is 29.2 Å². The van der Waals surface area contributed by atoms with Crippen LogP contribution >= 0.6 is 0 Å². The predicted molar refractivity (Wildman–Crippen MR) is 111 cm³/mol. The third-order valence-corrected chi connectivity index (χ3v) is 8.57. The Labute approximate surface area is 172 Å². The summed E-state index contributed by atoms with van der Waals surface area (Å²) in [6, 6.07) is 5.34. The quantitative estimate of drug-likeness (QED) is 0.703. The number of piperidine rings is 1. The van der Waals surface area contributed by atoms with E-state index < -0.39 is 32.0 Å². The third-order valence-electron chi connectivity index (χ3n) is 5.38. The van der Waals surface area contributed by atoms with Gasteiger partial charge in [-0.1, -0.05) is 12.5 Å². The molecule has 1 unspecified atom stereocenters. The van der Waals surface area contributed by atoms with E-state index in [1.54, 1.807) is 12.1 Å². The molecule has 1 N–H and O–H groups in total. The number of hydrogen-bond acceptors (Lipinski definition) is 6. The zero-order valence-corrected chi connectivity index (χ0v) is 18.4. The second-order valence-corrected chi connectivity index (χ2v) is 11.5. The van der Waals surface area contributed by atoms with Gasteiger partial charge in [0.15, 0.2) is 0 Å². The van der Waals surface area contributed by atoms with Gasteiger partial charge in [-0.15, -0.1) is 0 Å². The molecule has 1 aromatic carbocycles. The maximum Gasteiger partial charge on any atom is 0.243 e. The van der Waals surface area contributed by atoms with Gasteiger partial charge in [-0.25, -0.2) is 16.8 Å². The molecule has 0 spiro atoms. The SMILES string of the molecule is CN1CCN(S(=O)(=O)c2cccc(NC(=O)C3CCCCN3S(C)(=O)=O)c2)CC1. The lowest BCUT2D eigenvalue weighted by Gasteiger charge is -2.32. The van der Waals surface area contributed by atoms with Crippen LogP contribution in [0.4, 0.5) is 5.69 Å². The molecule has 9 nitrogen and oxygen atoms in total. The maximum absolute atomic E-state index is 12.9. The molecule has 2 aliphatic heterocycles. The first-order valence-electron chi connectivity index (χ1n) is 9.65. The second kappa shape index (κ2) is 8.68. The monoisotopic (exact) mass is 444 g/mol. The number of benzene rings is 1. The molecule has 2 fully saturated rings. The van der Waals surface area contributed by atoms with E-state index in [0.29, 0.717) is 44.8 Å². The number of likely N-dealkylation sites (N-methyl/N-ethyl adjacent to an activating group) is 1. The van der Waals surface area contributed by atoms with Crippen LogP contribution in [-0.4, -0.2) is 88.3 Å². The number of amides is 1. The van der Waals surface area contributed by atoms with Gasteiger partial charge >= 0.3 is 0 Å². The van der Waals surface area contributed by atoms with Crippen LogP contribution in [-0.2, 0) is 24.8 Å².